The third-order valence-corrected chi connectivity index (χ3v) is 1.27. The third-order valence-electron chi connectivity index (χ3n) is 1.27. The summed E-state index contributed by atoms with van der Waals surface area (Å²) in [6.45, 7) is 0.780. The molecule has 1 unspecified atom stereocenters. The lowest BCUT2D eigenvalue weighted by atomic mass is 10.1. The summed E-state index contributed by atoms with van der Waals surface area (Å²) >= 11 is 0. The molecule has 1 aliphatic rings. The quantitative estimate of drug-likeness (QED) is 0.547. The van der Waals surface area contributed by atoms with E-state index in [0.717, 1.165) is 6.54 Å². The molecule has 1 rings (SSSR count). The van der Waals surface area contributed by atoms with E-state index in [4.69, 9.17) is 0 Å². The van der Waals surface area contributed by atoms with Crippen molar-refractivity contribution in [3.05, 3.63) is 6.54 Å². The summed E-state index contributed by atoms with van der Waals surface area (Å²) < 4.78 is 35.1. The highest BCUT2D eigenvalue weighted by Crippen LogP contribution is 2.32. The Bertz CT molecular complexity index is 153. The number of carbonyl (C=O) groups is 1. The lowest BCUT2D eigenvalue weighted by Crippen LogP contribution is -2.21. The zero-order valence-electron chi connectivity index (χ0n) is 4.90. The van der Waals surface area contributed by atoms with Crippen molar-refractivity contribution >= 4 is 5.91 Å². The lowest BCUT2D eigenvalue weighted by molar-refractivity contribution is -0.164. The molecule has 0 aromatic heterocycles. The Morgan fingerprint density at radius 2 is 2.20 bits per heavy atom. The van der Waals surface area contributed by atoms with Gasteiger partial charge in [0.15, 0.2) is 0 Å². The minimum absolute atomic E-state index is 0.469. The van der Waals surface area contributed by atoms with E-state index in [2.05, 4.69) is 0 Å². The van der Waals surface area contributed by atoms with Crippen LogP contribution in [0.4, 0.5) is 13.2 Å². The van der Waals surface area contributed by atoms with E-state index >= 15 is 0 Å². The predicted molar refractivity (Wildman–Crippen MR) is 26.6 cm³/mol. The summed E-state index contributed by atoms with van der Waals surface area (Å²) in [7, 11) is 0. The van der Waals surface area contributed by atoms with Gasteiger partial charge in [-0.15, -0.1) is 0 Å². The van der Waals surface area contributed by atoms with E-state index in [1.807, 2.05) is 5.32 Å². The van der Waals surface area contributed by atoms with Gasteiger partial charge in [-0.3, -0.25) is 4.79 Å². The summed E-state index contributed by atoms with van der Waals surface area (Å²) in [5, 5.41) is 1.99. The number of nitrogens with one attached hydrogen (secondary N) is 1. The van der Waals surface area contributed by atoms with E-state index in [9.17, 15) is 18.0 Å². The molecule has 2 nitrogen and oxygen atoms in total. The number of hydrogen-bond donors (Lipinski definition) is 1. The largest absolute Gasteiger partial charge is 0.394 e. The van der Waals surface area contributed by atoms with E-state index < -0.39 is 24.4 Å². The molecular formula is C5H5F3NO. The van der Waals surface area contributed by atoms with Crippen LogP contribution in [0.1, 0.15) is 6.42 Å². The van der Waals surface area contributed by atoms with Gasteiger partial charge in [-0.25, -0.2) is 0 Å². The van der Waals surface area contributed by atoms with Crippen LogP contribution in [0.2, 0.25) is 0 Å². The number of amides is 1. The average molecular weight is 152 g/mol. The van der Waals surface area contributed by atoms with Crippen LogP contribution >= 0.6 is 0 Å². The third kappa shape index (κ3) is 1.40. The second-order valence-corrected chi connectivity index (χ2v) is 2.09. The molecule has 0 aliphatic carbocycles. The standard InChI is InChI=1S/C5H5F3NO/c6-5(7,8)3-1-4(10)9-2-3/h2-3H,1H2,(H,9,10). The first-order chi connectivity index (χ1) is 4.50. The SMILES string of the molecule is O=C1CC(C(F)(F)F)[CH]N1. The second kappa shape index (κ2) is 2.14. The van der Waals surface area contributed by atoms with Gasteiger partial charge in [0.05, 0.1) is 12.5 Å². The van der Waals surface area contributed by atoms with Crippen molar-refractivity contribution in [1.82, 2.24) is 5.32 Å². The second-order valence-electron chi connectivity index (χ2n) is 2.09. The van der Waals surface area contributed by atoms with Gasteiger partial charge in [-0.05, 0) is 0 Å². The van der Waals surface area contributed by atoms with Crippen LogP contribution in [0.3, 0.4) is 0 Å². The Morgan fingerprint density at radius 3 is 2.40 bits per heavy atom. The Labute approximate surface area is 55.4 Å². The van der Waals surface area contributed by atoms with Crippen LogP contribution in [0.15, 0.2) is 0 Å². The van der Waals surface area contributed by atoms with Crippen LogP contribution in [-0.2, 0) is 4.79 Å². The van der Waals surface area contributed by atoms with Gasteiger partial charge >= 0.3 is 6.18 Å². The fourth-order valence-corrected chi connectivity index (χ4v) is 0.721. The molecule has 1 N–H and O–H groups in total. The fourth-order valence-electron chi connectivity index (χ4n) is 0.721. The molecule has 0 aromatic carbocycles. The molecule has 57 valence electrons. The molecule has 1 radical (unpaired) electrons. The highest BCUT2D eigenvalue weighted by molar-refractivity contribution is 5.79. The zero-order chi connectivity index (χ0) is 7.78. The van der Waals surface area contributed by atoms with Gasteiger partial charge in [0, 0.05) is 6.42 Å². The molecule has 1 amide bonds. The minimum Gasteiger partial charge on any atom is -0.351 e. The first-order valence-electron chi connectivity index (χ1n) is 2.69. The Hall–Kier alpha value is -0.740. The molecule has 5 heteroatoms. The van der Waals surface area contributed by atoms with Crippen LogP contribution < -0.4 is 5.32 Å². The summed E-state index contributed by atoms with van der Waals surface area (Å²) in [5.74, 6) is -2.16. The van der Waals surface area contributed by atoms with Gasteiger partial charge in [-0.2, -0.15) is 13.2 Å². The van der Waals surface area contributed by atoms with Crippen molar-refractivity contribution in [3.63, 3.8) is 0 Å². The molecule has 10 heavy (non-hydrogen) atoms. The smallest absolute Gasteiger partial charge is 0.351 e. The Morgan fingerprint density at radius 1 is 1.60 bits per heavy atom. The normalized spacial score (nSPS) is 26.7. The van der Waals surface area contributed by atoms with Crippen molar-refractivity contribution in [3.8, 4) is 0 Å². The average Bonchev–Trinajstić information content (AvgIpc) is 2.11. The summed E-state index contributed by atoms with van der Waals surface area (Å²) in [6.07, 6.45) is -4.75. The number of carbonyl (C=O) groups excluding carboxylic acids is 1. The van der Waals surface area contributed by atoms with Crippen LogP contribution in [-0.4, -0.2) is 12.1 Å². The highest BCUT2D eigenvalue weighted by atomic mass is 19.4. The molecule has 1 saturated heterocycles. The molecule has 1 aliphatic heterocycles. The maximum Gasteiger partial charge on any atom is 0.394 e. The maximum atomic E-state index is 11.7. The number of halogens is 3. The first-order valence-corrected chi connectivity index (χ1v) is 2.69. The Kier molecular flexibility index (Phi) is 1.58. The molecule has 1 fully saturated rings. The summed E-state index contributed by atoms with van der Waals surface area (Å²) in [4.78, 5) is 10.3. The number of rotatable bonds is 0. The van der Waals surface area contributed by atoms with Crippen molar-refractivity contribution in [2.24, 2.45) is 5.92 Å². The monoisotopic (exact) mass is 152 g/mol. The zero-order valence-corrected chi connectivity index (χ0v) is 4.90. The van der Waals surface area contributed by atoms with Crippen molar-refractivity contribution in [2.75, 3.05) is 0 Å². The molecule has 0 spiro atoms. The predicted octanol–water partition coefficient (Wildman–Crippen LogP) is 0.847. The van der Waals surface area contributed by atoms with E-state index in [0.29, 0.717) is 0 Å². The summed E-state index contributed by atoms with van der Waals surface area (Å²) in [6, 6.07) is 0. The number of alkyl halides is 3. The van der Waals surface area contributed by atoms with Gasteiger partial charge in [0.1, 0.15) is 0 Å². The van der Waals surface area contributed by atoms with Gasteiger partial charge in [-0.1, -0.05) is 0 Å². The first kappa shape index (κ1) is 7.37. The highest BCUT2D eigenvalue weighted by Gasteiger charge is 2.44. The van der Waals surface area contributed by atoms with Crippen molar-refractivity contribution < 1.29 is 18.0 Å². The van der Waals surface area contributed by atoms with E-state index in [1.54, 1.807) is 0 Å². The summed E-state index contributed by atoms with van der Waals surface area (Å²) in [5.41, 5.74) is 0. The van der Waals surface area contributed by atoms with E-state index in [-0.39, 0.29) is 0 Å². The molecule has 0 aromatic rings. The molecule has 0 saturated carbocycles. The Balaban J connectivity index is 2.53. The number of hydrogen-bond acceptors (Lipinski definition) is 1. The van der Waals surface area contributed by atoms with Crippen molar-refractivity contribution in [2.45, 2.75) is 12.6 Å². The van der Waals surface area contributed by atoms with Crippen LogP contribution in [0.5, 0.6) is 0 Å². The van der Waals surface area contributed by atoms with Crippen molar-refractivity contribution in [1.29, 1.82) is 0 Å². The van der Waals surface area contributed by atoms with Gasteiger partial charge in [0.2, 0.25) is 5.91 Å². The van der Waals surface area contributed by atoms with Crippen LogP contribution in [0.25, 0.3) is 0 Å². The molecule has 1 heterocycles. The van der Waals surface area contributed by atoms with Gasteiger partial charge in [0.25, 0.3) is 0 Å². The minimum atomic E-state index is -4.28. The molecule has 1 atom stereocenters. The lowest BCUT2D eigenvalue weighted by Gasteiger charge is -2.10. The van der Waals surface area contributed by atoms with E-state index in [1.165, 1.54) is 0 Å². The molecule has 0 bridgehead atoms. The van der Waals surface area contributed by atoms with Gasteiger partial charge < -0.3 is 5.32 Å². The van der Waals surface area contributed by atoms with Crippen LogP contribution in [0, 0.1) is 12.5 Å². The maximum absolute atomic E-state index is 11.7. The molecular weight excluding hydrogens is 147 g/mol. The topological polar surface area (TPSA) is 29.1 Å². The fraction of sp³-hybridized carbons (Fsp3) is 0.600.